The van der Waals surface area contributed by atoms with Crippen molar-refractivity contribution in [3.8, 4) is 0 Å². The molecule has 3 aliphatic heterocycles. The van der Waals surface area contributed by atoms with Crippen LogP contribution in [0.2, 0.25) is 5.02 Å². The number of halogens is 1. The van der Waals surface area contributed by atoms with Crippen molar-refractivity contribution >= 4 is 48.0 Å². The normalized spacial score (nSPS) is 34.0. The van der Waals surface area contributed by atoms with Crippen molar-refractivity contribution in [3.63, 3.8) is 0 Å². The van der Waals surface area contributed by atoms with Crippen LogP contribution >= 0.6 is 24.2 Å². The summed E-state index contributed by atoms with van der Waals surface area (Å²) in [5, 5.41) is 17.4. The number of fused-ring (bicyclic) bond motifs is 5. The van der Waals surface area contributed by atoms with E-state index in [2.05, 4.69) is 23.3 Å². The maximum atomic E-state index is 13.8. The fourth-order valence-electron chi connectivity index (χ4n) is 6.15. The molecule has 3 amide bonds. The number of nitrogens with one attached hydrogen (secondary N) is 2. The van der Waals surface area contributed by atoms with E-state index in [0.717, 1.165) is 29.5 Å². The van der Waals surface area contributed by atoms with Crippen LogP contribution in [-0.4, -0.2) is 72.2 Å². The van der Waals surface area contributed by atoms with Crippen LogP contribution in [0.15, 0.2) is 35.9 Å². The molecule has 7 unspecified atom stereocenters. The Hall–Kier alpha value is -2.73. The van der Waals surface area contributed by atoms with Crippen molar-refractivity contribution in [1.82, 2.24) is 10.6 Å². The van der Waals surface area contributed by atoms with E-state index in [1.54, 1.807) is 14.0 Å². The summed E-state index contributed by atoms with van der Waals surface area (Å²) in [6.07, 6.45) is 4.25. The highest BCUT2D eigenvalue weighted by atomic mass is 35.5. The number of aryl methyl sites for hydroxylation is 1. The minimum Gasteiger partial charge on any atom is -0.446 e. The van der Waals surface area contributed by atoms with Crippen LogP contribution < -0.4 is 15.5 Å². The van der Waals surface area contributed by atoms with Crippen molar-refractivity contribution in [2.75, 3.05) is 24.2 Å². The Labute approximate surface area is 276 Å². The molecule has 12 heteroatoms. The Bertz CT molecular complexity index is 1360. The number of hydrogen-bond donors (Lipinski definition) is 4. The number of hydrogen-bond acceptors (Lipinski definition) is 8. The molecular formula is C33H46ClN3O7S. The highest BCUT2D eigenvalue weighted by Crippen LogP contribution is 2.49. The summed E-state index contributed by atoms with van der Waals surface area (Å²) < 4.78 is 17.7. The summed E-state index contributed by atoms with van der Waals surface area (Å²) in [5.74, 6) is -0.431. The third kappa shape index (κ3) is 8.17. The van der Waals surface area contributed by atoms with E-state index in [1.807, 2.05) is 58.1 Å². The van der Waals surface area contributed by atoms with Gasteiger partial charge in [0.1, 0.15) is 23.5 Å². The summed E-state index contributed by atoms with van der Waals surface area (Å²) in [6, 6.07) is 3.89. The number of allylic oxidation sites excluding steroid dienone is 3. The smallest absolute Gasteiger partial charge is 0.409 e. The molecule has 3 heterocycles. The topological polar surface area (TPSA) is 130 Å². The molecule has 10 nitrogen and oxygen atoms in total. The molecule has 1 aromatic rings. The molecule has 4 rings (SSSR count). The van der Waals surface area contributed by atoms with E-state index in [0.29, 0.717) is 29.4 Å². The zero-order chi connectivity index (χ0) is 33.1. The maximum Gasteiger partial charge on any atom is 0.409 e. The largest absolute Gasteiger partial charge is 0.446 e. The Balaban J connectivity index is 1.71. The molecule has 45 heavy (non-hydrogen) atoms. The lowest BCUT2D eigenvalue weighted by atomic mass is 9.82. The Morgan fingerprint density at radius 1 is 1.27 bits per heavy atom. The number of amides is 3. The maximum absolute atomic E-state index is 13.8. The average molecular weight is 664 g/mol. The molecule has 2 saturated heterocycles. The van der Waals surface area contributed by atoms with E-state index in [9.17, 15) is 19.5 Å². The van der Waals surface area contributed by atoms with Gasteiger partial charge in [-0.2, -0.15) is 12.6 Å². The first-order valence-electron chi connectivity index (χ1n) is 15.5. The summed E-state index contributed by atoms with van der Waals surface area (Å²) >= 11 is 10.9. The number of aliphatic hydroxyl groups is 1. The fourth-order valence-corrected chi connectivity index (χ4v) is 6.60. The Morgan fingerprint density at radius 2 is 2.00 bits per heavy atom. The molecule has 4 bridgehead atoms. The van der Waals surface area contributed by atoms with Gasteiger partial charge in [0.15, 0.2) is 0 Å². The highest BCUT2D eigenvalue weighted by Gasteiger charge is 2.64. The number of alkyl carbamates (subject to hydrolysis) is 2. The molecule has 0 radical (unpaired) electrons. The van der Waals surface area contributed by atoms with Gasteiger partial charge in [-0.25, -0.2) is 9.59 Å². The third-order valence-corrected chi connectivity index (χ3v) is 10.0. The zero-order valence-corrected chi connectivity index (χ0v) is 28.5. The first-order chi connectivity index (χ1) is 21.2. The van der Waals surface area contributed by atoms with Gasteiger partial charge >= 0.3 is 12.2 Å². The second kappa shape index (κ2) is 14.4. The van der Waals surface area contributed by atoms with Gasteiger partial charge in [-0.1, -0.05) is 55.3 Å². The van der Waals surface area contributed by atoms with Crippen LogP contribution in [-0.2, 0) is 25.4 Å². The van der Waals surface area contributed by atoms with E-state index >= 15 is 0 Å². The van der Waals surface area contributed by atoms with Crippen LogP contribution in [0.25, 0.3) is 0 Å². The number of rotatable bonds is 5. The summed E-state index contributed by atoms with van der Waals surface area (Å²) in [6.45, 7) is 9.79. The number of anilines is 1. The molecule has 2 fully saturated rings. The summed E-state index contributed by atoms with van der Waals surface area (Å²) in [7, 11) is 1.65. The predicted molar refractivity (Wildman–Crippen MR) is 177 cm³/mol. The first kappa shape index (κ1) is 35.1. The summed E-state index contributed by atoms with van der Waals surface area (Å²) in [5.41, 5.74) is 0.804. The van der Waals surface area contributed by atoms with Gasteiger partial charge in [0, 0.05) is 31.8 Å². The van der Waals surface area contributed by atoms with Gasteiger partial charge in [-0.3, -0.25) is 10.1 Å². The number of carbonyl (C=O) groups is 3. The Kier molecular flexibility index (Phi) is 11.2. The quantitative estimate of drug-likeness (QED) is 0.187. The molecule has 1 aromatic carbocycles. The van der Waals surface area contributed by atoms with Crippen LogP contribution in [0.4, 0.5) is 15.3 Å². The van der Waals surface area contributed by atoms with Crippen LogP contribution in [0.3, 0.4) is 0 Å². The zero-order valence-electron chi connectivity index (χ0n) is 26.9. The fraction of sp³-hybridized carbons (Fsp3) is 0.606. The summed E-state index contributed by atoms with van der Waals surface area (Å²) in [4.78, 5) is 40.9. The van der Waals surface area contributed by atoms with Gasteiger partial charge in [-0.15, -0.1) is 0 Å². The highest BCUT2D eigenvalue weighted by molar-refractivity contribution is 7.80. The Morgan fingerprint density at radius 3 is 2.71 bits per heavy atom. The number of nitrogens with zero attached hydrogens (tertiary/aromatic N) is 1. The molecule has 0 spiro atoms. The van der Waals surface area contributed by atoms with Crippen LogP contribution in [0.1, 0.15) is 64.5 Å². The minimum atomic E-state index is -1.55. The van der Waals surface area contributed by atoms with Crippen molar-refractivity contribution in [2.45, 2.75) is 96.4 Å². The predicted octanol–water partition coefficient (Wildman–Crippen LogP) is 5.48. The molecule has 248 valence electrons. The SMILES string of the molecule is C/C1=C\C=C\C(C)C2(O)CC(OC(=O)N2)C(C)C2OC2(C)C(OC(=O)NCCCCS)CC(=O)N(C)c2cc(cc(C)c2Cl)C1. The van der Waals surface area contributed by atoms with Crippen molar-refractivity contribution in [2.24, 2.45) is 11.8 Å². The molecule has 7 atom stereocenters. The van der Waals surface area contributed by atoms with Crippen LogP contribution in [0, 0.1) is 18.8 Å². The molecule has 3 aliphatic rings. The number of carbonyl (C=O) groups excluding carboxylic acids is 3. The minimum absolute atomic E-state index is 0.118. The van der Waals surface area contributed by atoms with Gasteiger partial charge in [-0.05, 0) is 63.0 Å². The molecule has 0 aromatic heterocycles. The molecular weight excluding hydrogens is 618 g/mol. The monoisotopic (exact) mass is 663 g/mol. The number of unbranched alkanes of at least 4 members (excludes halogenated alkanes) is 1. The number of benzene rings is 1. The number of ether oxygens (including phenoxy) is 3. The van der Waals surface area contributed by atoms with E-state index in [-0.39, 0.29) is 24.7 Å². The number of epoxide rings is 1. The van der Waals surface area contributed by atoms with Crippen molar-refractivity contribution in [1.29, 1.82) is 0 Å². The standard InChI is InChI=1S/C33H46ClN3O7S/c1-19-10-9-11-21(3)33(41)18-25(42-31(40)36-33)22(4)29-32(5,44-29)26(43-30(39)35-12-7-8-13-45)17-27(38)37(6)24-16-23(14-19)15-20(2)28(24)34/h9-11,15-16,21-22,25-26,29,41,45H,7-8,12-14,17-18H2,1-6H3,(H,35,39)(H,36,40)/b11-9+,19-10+. The lowest BCUT2D eigenvalue weighted by Gasteiger charge is -2.41. The van der Waals surface area contributed by atoms with Gasteiger partial charge < -0.3 is 29.5 Å². The molecule has 0 aliphatic carbocycles. The second-order valence-electron chi connectivity index (χ2n) is 12.8. The molecule has 0 saturated carbocycles. The lowest BCUT2D eigenvalue weighted by molar-refractivity contribution is -0.121. The van der Waals surface area contributed by atoms with Crippen LogP contribution in [0.5, 0.6) is 0 Å². The molecule has 3 N–H and O–H groups in total. The van der Waals surface area contributed by atoms with Crippen molar-refractivity contribution in [3.05, 3.63) is 52.1 Å². The average Bonchev–Trinajstić information content (AvgIpc) is 3.67. The second-order valence-corrected chi connectivity index (χ2v) is 13.6. The van der Waals surface area contributed by atoms with E-state index in [4.69, 9.17) is 25.8 Å². The number of thiol groups is 1. The lowest BCUT2D eigenvalue weighted by Crippen LogP contribution is -2.60. The van der Waals surface area contributed by atoms with Gasteiger partial charge in [0.25, 0.3) is 0 Å². The van der Waals surface area contributed by atoms with Gasteiger partial charge in [0.2, 0.25) is 5.91 Å². The van der Waals surface area contributed by atoms with E-state index < -0.39 is 47.7 Å². The van der Waals surface area contributed by atoms with Crippen molar-refractivity contribution < 1.29 is 33.7 Å². The van der Waals surface area contributed by atoms with Gasteiger partial charge in [0.05, 0.1) is 23.2 Å². The van der Waals surface area contributed by atoms with E-state index in [1.165, 1.54) is 4.90 Å². The third-order valence-electron chi connectivity index (χ3n) is 9.19. The first-order valence-corrected chi connectivity index (χ1v) is 16.5.